The van der Waals surface area contributed by atoms with Gasteiger partial charge < -0.3 is 10.6 Å². The average molecular weight is 391 g/mol. The zero-order valence-corrected chi connectivity index (χ0v) is 16.5. The summed E-state index contributed by atoms with van der Waals surface area (Å²) in [7, 11) is 0. The number of anilines is 1. The first kappa shape index (κ1) is 17.7. The molecule has 142 valence electrons. The quantitative estimate of drug-likeness (QED) is 0.686. The first-order chi connectivity index (χ1) is 13.7. The van der Waals surface area contributed by atoms with E-state index in [0.717, 1.165) is 35.8 Å². The highest BCUT2D eigenvalue weighted by Gasteiger charge is 2.40. The molecule has 0 bridgehead atoms. The van der Waals surface area contributed by atoms with Crippen molar-refractivity contribution in [1.82, 2.24) is 15.3 Å². The molecule has 1 spiro atoms. The topological polar surface area (TPSA) is 49.8 Å². The molecule has 0 amide bonds. The van der Waals surface area contributed by atoms with E-state index >= 15 is 0 Å². The summed E-state index contributed by atoms with van der Waals surface area (Å²) >= 11 is 5.97. The molecular weight excluding hydrogens is 368 g/mol. The molecule has 1 aromatic heterocycles. The molecule has 0 unspecified atom stereocenters. The molecule has 4 nitrogen and oxygen atoms in total. The lowest BCUT2D eigenvalue weighted by molar-refractivity contribution is 0.302. The number of nitrogens with zero attached hydrogens (tertiary/aromatic N) is 2. The number of fused-ring (bicyclic) bond motifs is 4. The van der Waals surface area contributed by atoms with Crippen LogP contribution < -0.4 is 10.6 Å². The Labute approximate surface area is 170 Å². The molecule has 0 atom stereocenters. The van der Waals surface area contributed by atoms with Crippen LogP contribution >= 0.6 is 11.6 Å². The van der Waals surface area contributed by atoms with Gasteiger partial charge in [-0.15, -0.1) is 0 Å². The summed E-state index contributed by atoms with van der Waals surface area (Å²) in [4.78, 5) is 9.51. The Morgan fingerprint density at radius 1 is 1.04 bits per heavy atom. The van der Waals surface area contributed by atoms with E-state index in [-0.39, 0.29) is 5.41 Å². The van der Waals surface area contributed by atoms with E-state index in [4.69, 9.17) is 16.6 Å². The standard InChI is InChI=1S/C23H23ClN4/c24-18-7-5-16(6-8-18)14-26-22-27-15-17-13-23(9-11-25-12-10-23)20-4-2-1-3-19(20)21(17)28-22/h1-8,15,25H,9-14H2,(H,26,27,28). The Balaban J connectivity index is 1.46. The molecule has 2 aliphatic rings. The molecule has 1 aliphatic heterocycles. The SMILES string of the molecule is Clc1ccc(CNc2ncc3c(n2)-c2ccccc2C2(CCNCC2)C3)cc1. The Bertz CT molecular complexity index is 994. The summed E-state index contributed by atoms with van der Waals surface area (Å²) in [6.07, 6.45) is 5.38. The highest BCUT2D eigenvalue weighted by atomic mass is 35.5. The number of nitrogens with one attached hydrogen (secondary N) is 2. The fourth-order valence-electron chi connectivity index (χ4n) is 4.60. The molecule has 5 heteroatoms. The van der Waals surface area contributed by atoms with Gasteiger partial charge >= 0.3 is 0 Å². The minimum atomic E-state index is 0.219. The smallest absolute Gasteiger partial charge is 0.223 e. The molecule has 1 aliphatic carbocycles. The maximum atomic E-state index is 5.97. The molecule has 0 radical (unpaired) electrons. The Morgan fingerprint density at radius 2 is 1.82 bits per heavy atom. The van der Waals surface area contributed by atoms with E-state index in [1.165, 1.54) is 29.5 Å². The van der Waals surface area contributed by atoms with Crippen molar-refractivity contribution in [1.29, 1.82) is 0 Å². The van der Waals surface area contributed by atoms with Crippen LogP contribution in [0.5, 0.6) is 0 Å². The number of aromatic nitrogens is 2. The molecule has 2 heterocycles. The lowest BCUT2D eigenvalue weighted by Gasteiger charge is -2.42. The molecule has 1 saturated heterocycles. The van der Waals surface area contributed by atoms with Crippen molar-refractivity contribution < 1.29 is 0 Å². The molecular formula is C23H23ClN4. The van der Waals surface area contributed by atoms with Crippen LogP contribution in [0.1, 0.15) is 29.5 Å². The monoisotopic (exact) mass is 390 g/mol. The maximum absolute atomic E-state index is 5.97. The van der Waals surface area contributed by atoms with Gasteiger partial charge in [-0.3, -0.25) is 0 Å². The van der Waals surface area contributed by atoms with Crippen molar-refractivity contribution in [3.8, 4) is 11.3 Å². The van der Waals surface area contributed by atoms with Crippen molar-refractivity contribution >= 4 is 17.5 Å². The van der Waals surface area contributed by atoms with Crippen molar-refractivity contribution in [3.63, 3.8) is 0 Å². The second-order valence-corrected chi connectivity index (χ2v) is 8.24. The minimum Gasteiger partial charge on any atom is -0.350 e. The number of halogens is 1. The predicted octanol–water partition coefficient (Wildman–Crippen LogP) is 4.59. The van der Waals surface area contributed by atoms with E-state index in [2.05, 4.69) is 39.9 Å². The first-order valence-corrected chi connectivity index (χ1v) is 10.3. The number of hydrogen-bond acceptors (Lipinski definition) is 4. The largest absolute Gasteiger partial charge is 0.350 e. The molecule has 2 N–H and O–H groups in total. The van der Waals surface area contributed by atoms with E-state index in [0.29, 0.717) is 12.5 Å². The number of rotatable bonds is 3. The van der Waals surface area contributed by atoms with E-state index in [9.17, 15) is 0 Å². The fraction of sp³-hybridized carbons (Fsp3) is 0.304. The highest BCUT2D eigenvalue weighted by molar-refractivity contribution is 6.30. The van der Waals surface area contributed by atoms with Gasteiger partial charge in [0.15, 0.2) is 0 Å². The van der Waals surface area contributed by atoms with Crippen LogP contribution in [0.15, 0.2) is 54.7 Å². The van der Waals surface area contributed by atoms with Gasteiger partial charge in [-0.2, -0.15) is 0 Å². The second kappa shape index (κ2) is 7.19. The van der Waals surface area contributed by atoms with E-state index in [1.54, 1.807) is 0 Å². The van der Waals surface area contributed by atoms with Crippen molar-refractivity contribution in [2.75, 3.05) is 18.4 Å². The van der Waals surface area contributed by atoms with Gasteiger partial charge in [-0.05, 0) is 61.2 Å². The van der Waals surface area contributed by atoms with Crippen molar-refractivity contribution in [3.05, 3.63) is 76.4 Å². The maximum Gasteiger partial charge on any atom is 0.223 e. The third-order valence-corrected chi connectivity index (χ3v) is 6.32. The number of piperidine rings is 1. The van der Waals surface area contributed by atoms with Gasteiger partial charge in [0.25, 0.3) is 0 Å². The molecule has 0 saturated carbocycles. The summed E-state index contributed by atoms with van der Waals surface area (Å²) in [5, 5.41) is 7.61. The minimum absolute atomic E-state index is 0.219. The number of hydrogen-bond donors (Lipinski definition) is 2. The summed E-state index contributed by atoms with van der Waals surface area (Å²) < 4.78 is 0. The van der Waals surface area contributed by atoms with Crippen LogP contribution in [0.25, 0.3) is 11.3 Å². The van der Waals surface area contributed by atoms with Crippen molar-refractivity contribution in [2.24, 2.45) is 0 Å². The lowest BCUT2D eigenvalue weighted by atomic mass is 9.64. The normalized spacial score (nSPS) is 17.0. The zero-order chi connectivity index (χ0) is 19.0. The van der Waals surface area contributed by atoms with E-state index in [1.807, 2.05) is 30.5 Å². The van der Waals surface area contributed by atoms with E-state index < -0.39 is 0 Å². The molecule has 28 heavy (non-hydrogen) atoms. The Kier molecular flexibility index (Phi) is 4.53. The van der Waals surface area contributed by atoms with Crippen LogP contribution in [0.4, 0.5) is 5.95 Å². The second-order valence-electron chi connectivity index (χ2n) is 7.80. The third kappa shape index (κ3) is 3.17. The average Bonchev–Trinajstić information content (AvgIpc) is 2.74. The first-order valence-electron chi connectivity index (χ1n) is 9.88. The van der Waals surface area contributed by atoms with Crippen molar-refractivity contribution in [2.45, 2.75) is 31.2 Å². The van der Waals surface area contributed by atoms with Crippen LogP contribution in [0.3, 0.4) is 0 Å². The van der Waals surface area contributed by atoms with Gasteiger partial charge in [-0.1, -0.05) is 48.0 Å². The molecule has 1 fully saturated rings. The van der Waals surface area contributed by atoms with Gasteiger partial charge in [0.05, 0.1) is 5.69 Å². The van der Waals surface area contributed by atoms with Gasteiger partial charge in [0.2, 0.25) is 5.95 Å². The molecule has 3 aromatic rings. The van der Waals surface area contributed by atoms with Crippen LogP contribution in [-0.4, -0.2) is 23.1 Å². The molecule has 2 aromatic carbocycles. The summed E-state index contributed by atoms with van der Waals surface area (Å²) in [6, 6.07) is 16.6. The summed E-state index contributed by atoms with van der Waals surface area (Å²) in [6.45, 7) is 2.82. The van der Waals surface area contributed by atoms with Crippen LogP contribution in [0.2, 0.25) is 5.02 Å². The summed E-state index contributed by atoms with van der Waals surface area (Å²) in [5.41, 5.74) is 6.43. The Hall–Kier alpha value is -2.43. The third-order valence-electron chi connectivity index (χ3n) is 6.07. The number of benzene rings is 2. The summed E-state index contributed by atoms with van der Waals surface area (Å²) in [5.74, 6) is 0.671. The van der Waals surface area contributed by atoms with Gasteiger partial charge in [0, 0.05) is 28.7 Å². The predicted molar refractivity (Wildman–Crippen MR) is 114 cm³/mol. The fourth-order valence-corrected chi connectivity index (χ4v) is 4.73. The lowest BCUT2D eigenvalue weighted by Crippen LogP contribution is -2.43. The van der Waals surface area contributed by atoms with Gasteiger partial charge in [0.1, 0.15) is 0 Å². The Morgan fingerprint density at radius 3 is 2.64 bits per heavy atom. The zero-order valence-electron chi connectivity index (χ0n) is 15.7. The van der Waals surface area contributed by atoms with Gasteiger partial charge in [-0.25, -0.2) is 9.97 Å². The van der Waals surface area contributed by atoms with Crippen LogP contribution in [0, 0.1) is 0 Å². The van der Waals surface area contributed by atoms with Crippen LogP contribution in [-0.2, 0) is 18.4 Å². The highest BCUT2D eigenvalue weighted by Crippen LogP contribution is 2.46. The molecule has 5 rings (SSSR count).